The van der Waals surface area contributed by atoms with Crippen molar-refractivity contribution in [1.29, 1.82) is 0 Å². The molecule has 0 saturated carbocycles. The number of hydrogen-bond donors (Lipinski definition) is 1. The summed E-state index contributed by atoms with van der Waals surface area (Å²) in [5.74, 6) is -1.24. The van der Waals surface area contributed by atoms with Crippen molar-refractivity contribution in [1.82, 2.24) is 15.1 Å². The largest absolute Gasteiger partial charge is 0.476 e. The molecule has 2 aliphatic rings. The van der Waals surface area contributed by atoms with Crippen LogP contribution >= 0.6 is 0 Å². The molecule has 1 atom stereocenters. The minimum absolute atomic E-state index is 0.115. The molecule has 0 bridgehead atoms. The average molecular weight is 406 g/mol. The lowest BCUT2D eigenvalue weighted by Crippen LogP contribution is -2.54. The lowest BCUT2D eigenvalue weighted by molar-refractivity contribution is -0.138. The quantitative estimate of drug-likeness (QED) is 0.824. The Morgan fingerprint density at radius 1 is 1.17 bits per heavy atom. The first-order valence-corrected chi connectivity index (χ1v) is 9.00. The van der Waals surface area contributed by atoms with Gasteiger partial charge < -0.3 is 14.9 Å². The molecule has 3 heterocycles. The van der Waals surface area contributed by atoms with Crippen molar-refractivity contribution < 1.29 is 27.9 Å². The highest BCUT2D eigenvalue weighted by atomic mass is 19.4. The number of halogens is 3. The molecule has 1 saturated heterocycles. The van der Waals surface area contributed by atoms with Crippen LogP contribution in [-0.4, -0.2) is 57.8 Å². The Labute approximate surface area is 163 Å². The Kier molecular flexibility index (Phi) is 4.44. The maximum Gasteiger partial charge on any atom is 0.417 e. The van der Waals surface area contributed by atoms with Crippen LogP contribution < -0.4 is 4.90 Å². The van der Waals surface area contributed by atoms with Gasteiger partial charge in [-0.05, 0) is 31.0 Å². The topological polar surface area (TPSA) is 86.6 Å². The number of amides is 1. The number of aromatic nitrogens is 2. The van der Waals surface area contributed by atoms with Gasteiger partial charge in [-0.2, -0.15) is 13.2 Å². The number of aromatic carboxylic acids is 1. The molecule has 0 radical (unpaired) electrons. The summed E-state index contributed by atoms with van der Waals surface area (Å²) in [5.41, 5.74) is -0.150. The molecular formula is C19H17F3N4O3. The molecule has 0 spiro atoms. The van der Waals surface area contributed by atoms with Gasteiger partial charge in [0.25, 0.3) is 5.91 Å². The van der Waals surface area contributed by atoms with Crippen molar-refractivity contribution in [2.45, 2.75) is 25.6 Å². The van der Waals surface area contributed by atoms with Crippen LogP contribution in [0.2, 0.25) is 0 Å². The van der Waals surface area contributed by atoms with Crippen LogP contribution in [0.5, 0.6) is 0 Å². The number of piperazine rings is 1. The predicted octanol–water partition coefficient (Wildman–Crippen LogP) is 2.39. The van der Waals surface area contributed by atoms with Gasteiger partial charge in [-0.15, -0.1) is 10.2 Å². The zero-order chi connectivity index (χ0) is 20.9. The molecule has 1 N–H and O–H groups in total. The molecule has 0 aliphatic carbocycles. The van der Waals surface area contributed by atoms with Crippen molar-refractivity contribution in [3.8, 4) is 0 Å². The summed E-state index contributed by atoms with van der Waals surface area (Å²) in [5, 5.41) is 17.1. The van der Waals surface area contributed by atoms with Crippen LogP contribution in [0.3, 0.4) is 0 Å². The van der Waals surface area contributed by atoms with Gasteiger partial charge >= 0.3 is 12.1 Å². The number of carbonyl (C=O) groups is 2. The fourth-order valence-corrected chi connectivity index (χ4v) is 4.04. The van der Waals surface area contributed by atoms with E-state index in [1.54, 1.807) is 6.92 Å². The smallest absolute Gasteiger partial charge is 0.417 e. The molecule has 1 aromatic carbocycles. The number of carboxylic acid groups (broad SMARTS) is 1. The zero-order valence-corrected chi connectivity index (χ0v) is 15.4. The van der Waals surface area contributed by atoms with Gasteiger partial charge in [0.1, 0.15) is 0 Å². The Morgan fingerprint density at radius 2 is 1.90 bits per heavy atom. The third-order valence-electron chi connectivity index (χ3n) is 5.47. The van der Waals surface area contributed by atoms with E-state index in [4.69, 9.17) is 0 Å². The van der Waals surface area contributed by atoms with Crippen LogP contribution in [0.25, 0.3) is 0 Å². The molecule has 29 heavy (non-hydrogen) atoms. The number of hydrogen-bond acceptors (Lipinski definition) is 5. The van der Waals surface area contributed by atoms with Crippen molar-refractivity contribution in [2.24, 2.45) is 0 Å². The van der Waals surface area contributed by atoms with E-state index in [1.807, 2.05) is 4.90 Å². The second-order valence-electron chi connectivity index (χ2n) is 7.13. The summed E-state index contributed by atoms with van der Waals surface area (Å²) in [4.78, 5) is 27.5. The third kappa shape index (κ3) is 3.18. The van der Waals surface area contributed by atoms with Gasteiger partial charge in [0.05, 0.1) is 17.2 Å². The highest BCUT2D eigenvalue weighted by Gasteiger charge is 2.41. The fraction of sp³-hybridized carbons (Fsp3) is 0.368. The summed E-state index contributed by atoms with van der Waals surface area (Å²) in [6.07, 6.45) is -4.15. The molecule has 1 unspecified atom stereocenters. The number of alkyl halides is 3. The van der Waals surface area contributed by atoms with Crippen LogP contribution in [0.15, 0.2) is 24.3 Å². The number of nitrogens with zero attached hydrogens (tertiary/aromatic N) is 4. The van der Waals surface area contributed by atoms with Gasteiger partial charge in [-0.1, -0.05) is 12.1 Å². The van der Waals surface area contributed by atoms with Crippen molar-refractivity contribution >= 4 is 17.7 Å². The lowest BCUT2D eigenvalue weighted by atomic mass is 10.0. The van der Waals surface area contributed by atoms with E-state index < -0.39 is 23.6 Å². The van der Waals surface area contributed by atoms with Crippen LogP contribution in [0, 0.1) is 6.92 Å². The summed E-state index contributed by atoms with van der Waals surface area (Å²) in [6, 6.07) is 4.58. The first-order valence-electron chi connectivity index (χ1n) is 9.00. The average Bonchev–Trinajstić information content (AvgIpc) is 3.05. The Bertz CT molecular complexity index is 1010. The van der Waals surface area contributed by atoms with E-state index in [2.05, 4.69) is 10.2 Å². The number of fused-ring (bicyclic) bond motifs is 3. The molecule has 1 fully saturated rings. The van der Waals surface area contributed by atoms with E-state index in [0.29, 0.717) is 24.3 Å². The minimum atomic E-state index is -4.61. The molecule has 2 aromatic rings. The van der Waals surface area contributed by atoms with Crippen molar-refractivity contribution in [3.05, 3.63) is 52.2 Å². The SMILES string of the molecule is Cc1c(C(=O)O)nnc2c1CC1CN(C(=O)c3ccccc3C(F)(F)F)CCN21. The van der Waals surface area contributed by atoms with E-state index >= 15 is 0 Å². The van der Waals surface area contributed by atoms with Crippen LogP contribution in [0.4, 0.5) is 19.0 Å². The fourth-order valence-electron chi connectivity index (χ4n) is 4.04. The normalized spacial score (nSPS) is 18.4. The molecule has 152 valence electrons. The molecule has 7 nitrogen and oxygen atoms in total. The predicted molar refractivity (Wildman–Crippen MR) is 95.9 cm³/mol. The van der Waals surface area contributed by atoms with Gasteiger partial charge in [0.15, 0.2) is 11.5 Å². The summed E-state index contributed by atoms with van der Waals surface area (Å²) < 4.78 is 39.8. The zero-order valence-electron chi connectivity index (χ0n) is 15.4. The number of carboxylic acids is 1. The number of benzene rings is 1. The second kappa shape index (κ2) is 6.71. The van der Waals surface area contributed by atoms with Gasteiger partial charge in [-0.3, -0.25) is 4.79 Å². The Morgan fingerprint density at radius 3 is 2.59 bits per heavy atom. The van der Waals surface area contributed by atoms with Crippen LogP contribution in [-0.2, 0) is 12.6 Å². The summed E-state index contributed by atoms with van der Waals surface area (Å²) in [7, 11) is 0. The van der Waals surface area contributed by atoms with E-state index in [1.165, 1.54) is 23.1 Å². The Hall–Kier alpha value is -3.17. The maximum absolute atomic E-state index is 13.3. The first kappa shape index (κ1) is 19.2. The van der Waals surface area contributed by atoms with E-state index in [0.717, 1.165) is 11.6 Å². The molecule has 10 heteroatoms. The van der Waals surface area contributed by atoms with Crippen molar-refractivity contribution in [2.75, 3.05) is 24.5 Å². The third-order valence-corrected chi connectivity index (χ3v) is 5.47. The first-order chi connectivity index (χ1) is 13.7. The van der Waals surface area contributed by atoms with Crippen molar-refractivity contribution in [3.63, 3.8) is 0 Å². The number of carbonyl (C=O) groups excluding carboxylic acids is 1. The van der Waals surface area contributed by atoms with E-state index in [9.17, 15) is 27.9 Å². The lowest BCUT2D eigenvalue weighted by Gasteiger charge is -2.38. The maximum atomic E-state index is 13.3. The van der Waals surface area contributed by atoms with Gasteiger partial charge in [0.2, 0.25) is 0 Å². The summed E-state index contributed by atoms with van der Waals surface area (Å²) in [6.45, 7) is 2.52. The second-order valence-corrected chi connectivity index (χ2v) is 7.13. The van der Waals surface area contributed by atoms with Gasteiger partial charge in [-0.25, -0.2) is 4.79 Å². The highest BCUT2D eigenvalue weighted by Crippen LogP contribution is 2.36. The monoisotopic (exact) mass is 406 g/mol. The van der Waals surface area contributed by atoms with Crippen LogP contribution in [0.1, 0.15) is 37.5 Å². The number of rotatable bonds is 2. The molecule has 2 aliphatic heterocycles. The number of anilines is 1. The highest BCUT2D eigenvalue weighted by molar-refractivity contribution is 5.96. The van der Waals surface area contributed by atoms with Gasteiger partial charge in [0, 0.05) is 25.2 Å². The molecule has 4 rings (SSSR count). The summed E-state index contributed by atoms with van der Waals surface area (Å²) >= 11 is 0. The minimum Gasteiger partial charge on any atom is -0.476 e. The Balaban J connectivity index is 1.59. The molecular weight excluding hydrogens is 389 g/mol. The molecule has 1 aromatic heterocycles. The van der Waals surface area contributed by atoms with E-state index in [-0.39, 0.29) is 30.4 Å². The standard InChI is InChI=1S/C19H17F3N4O3/c1-10-13-8-11-9-25(6-7-26(11)16(13)24-23-15(10)18(28)29)17(27)12-4-2-3-5-14(12)19(20,21)22/h2-5,11H,6-9H2,1H3,(H,28,29). The molecule has 1 amide bonds.